The zero-order chi connectivity index (χ0) is 25.5. The first-order valence-corrected chi connectivity index (χ1v) is 13.4. The van der Waals surface area contributed by atoms with E-state index in [0.29, 0.717) is 0 Å². The van der Waals surface area contributed by atoms with Crippen molar-refractivity contribution in [1.82, 2.24) is 14.9 Å². The largest absolute Gasteiger partial charge is 0.360 e. The molecule has 0 saturated heterocycles. The Bertz CT molecular complexity index is 1850. The van der Waals surface area contributed by atoms with E-state index in [1.807, 2.05) is 24.4 Å². The Balaban J connectivity index is 1.39. The van der Waals surface area contributed by atoms with Gasteiger partial charge in [-0.25, -0.2) is 0 Å². The SMILES string of the molecule is Brc1ccc2c(c1)c1ncccc1n2-c1cccc(C2=NC(c3ccccc3)NC(c3ccccc3)=C2)c1. The maximum atomic E-state index is 5.16. The summed E-state index contributed by atoms with van der Waals surface area (Å²) in [5, 5.41) is 4.76. The molecule has 0 spiro atoms. The summed E-state index contributed by atoms with van der Waals surface area (Å²) in [5.41, 5.74) is 9.59. The normalized spacial score (nSPS) is 15.2. The number of rotatable bonds is 4. The van der Waals surface area contributed by atoms with Gasteiger partial charge < -0.3 is 9.88 Å². The molecule has 4 nitrogen and oxygen atoms in total. The van der Waals surface area contributed by atoms with Crippen molar-refractivity contribution in [3.05, 3.63) is 149 Å². The third-order valence-electron chi connectivity index (χ3n) is 6.92. The van der Waals surface area contributed by atoms with E-state index < -0.39 is 0 Å². The van der Waals surface area contributed by atoms with Crippen LogP contribution in [0.4, 0.5) is 0 Å². The summed E-state index contributed by atoms with van der Waals surface area (Å²) in [7, 11) is 0. The molecule has 1 atom stereocenters. The van der Waals surface area contributed by atoms with Gasteiger partial charge in [-0.1, -0.05) is 88.7 Å². The second-order valence-electron chi connectivity index (χ2n) is 9.31. The molecular weight excluding hydrogens is 532 g/mol. The standard InChI is InChI=1S/C33H23BrN4/c34-25-16-17-30-27(20-25)32-31(15-8-18-35-32)38(30)26-14-7-13-24(19-26)29-21-28(22-9-3-1-4-10-22)36-33(37-29)23-11-5-2-6-12-23/h1-21,33,36H. The van der Waals surface area contributed by atoms with Crippen molar-refractivity contribution in [2.45, 2.75) is 6.17 Å². The number of benzene rings is 4. The highest BCUT2D eigenvalue weighted by molar-refractivity contribution is 9.10. The molecule has 1 N–H and O–H groups in total. The predicted molar refractivity (Wildman–Crippen MR) is 160 cm³/mol. The fourth-order valence-corrected chi connectivity index (χ4v) is 5.52. The zero-order valence-electron chi connectivity index (χ0n) is 20.4. The van der Waals surface area contributed by atoms with Crippen LogP contribution in [-0.4, -0.2) is 15.3 Å². The van der Waals surface area contributed by atoms with Gasteiger partial charge in [0.25, 0.3) is 0 Å². The predicted octanol–water partition coefficient (Wildman–Crippen LogP) is 8.07. The van der Waals surface area contributed by atoms with Crippen LogP contribution in [0.1, 0.15) is 22.9 Å². The molecule has 1 aliphatic heterocycles. The van der Waals surface area contributed by atoms with Crippen molar-refractivity contribution in [3.8, 4) is 5.69 Å². The number of allylic oxidation sites excluding steroid dienone is 1. The summed E-state index contributed by atoms with van der Waals surface area (Å²) in [4.78, 5) is 9.87. The minimum Gasteiger partial charge on any atom is -0.360 e. The highest BCUT2D eigenvalue weighted by Gasteiger charge is 2.20. The quantitative estimate of drug-likeness (QED) is 0.239. The summed E-state index contributed by atoms with van der Waals surface area (Å²) >= 11 is 3.63. The number of nitrogens with zero attached hydrogens (tertiary/aromatic N) is 3. The first-order valence-electron chi connectivity index (χ1n) is 12.6. The number of pyridine rings is 1. The molecule has 0 saturated carbocycles. The van der Waals surface area contributed by atoms with Gasteiger partial charge in [0.15, 0.2) is 0 Å². The molecule has 3 heterocycles. The van der Waals surface area contributed by atoms with Crippen LogP contribution in [0.3, 0.4) is 0 Å². The molecule has 0 aliphatic carbocycles. The van der Waals surface area contributed by atoms with Gasteiger partial charge in [-0.3, -0.25) is 9.98 Å². The molecule has 38 heavy (non-hydrogen) atoms. The minimum absolute atomic E-state index is 0.176. The topological polar surface area (TPSA) is 42.2 Å². The van der Waals surface area contributed by atoms with Gasteiger partial charge in [0.2, 0.25) is 0 Å². The Morgan fingerprint density at radius 1 is 0.711 bits per heavy atom. The minimum atomic E-state index is -0.176. The van der Waals surface area contributed by atoms with E-state index in [0.717, 1.165) is 60.2 Å². The lowest BCUT2D eigenvalue weighted by Crippen LogP contribution is -2.24. The fraction of sp³-hybridized carbons (Fsp3) is 0.0303. The Labute approximate surface area is 229 Å². The maximum absolute atomic E-state index is 5.16. The first-order chi connectivity index (χ1) is 18.7. The lowest BCUT2D eigenvalue weighted by Gasteiger charge is -2.25. The van der Waals surface area contributed by atoms with Crippen LogP contribution in [0.25, 0.3) is 33.3 Å². The molecule has 1 unspecified atom stereocenters. The van der Waals surface area contributed by atoms with Crippen LogP contribution in [-0.2, 0) is 0 Å². The van der Waals surface area contributed by atoms with Crippen LogP contribution < -0.4 is 5.32 Å². The second-order valence-corrected chi connectivity index (χ2v) is 10.2. The number of fused-ring (bicyclic) bond motifs is 3. The molecule has 0 amide bonds. The van der Waals surface area contributed by atoms with E-state index in [-0.39, 0.29) is 6.17 Å². The Kier molecular flexibility index (Phi) is 5.64. The average molecular weight is 555 g/mol. The molecule has 5 heteroatoms. The molecule has 1 aliphatic rings. The number of halogens is 1. The molecule has 2 aromatic heterocycles. The molecule has 7 rings (SSSR count). The number of aromatic nitrogens is 2. The molecule has 182 valence electrons. The van der Waals surface area contributed by atoms with E-state index in [2.05, 4.69) is 129 Å². The van der Waals surface area contributed by atoms with Crippen LogP contribution in [0.2, 0.25) is 0 Å². The van der Waals surface area contributed by atoms with Crippen LogP contribution in [0, 0.1) is 0 Å². The van der Waals surface area contributed by atoms with E-state index in [1.165, 1.54) is 0 Å². The summed E-state index contributed by atoms with van der Waals surface area (Å²) < 4.78 is 3.32. The number of aliphatic imine (C=N–C) groups is 1. The first kappa shape index (κ1) is 22.7. The van der Waals surface area contributed by atoms with E-state index in [4.69, 9.17) is 9.98 Å². The van der Waals surface area contributed by atoms with Gasteiger partial charge in [0.05, 0.1) is 22.3 Å². The third kappa shape index (κ3) is 4.01. The summed E-state index contributed by atoms with van der Waals surface area (Å²) in [6.45, 7) is 0. The van der Waals surface area contributed by atoms with Crippen molar-refractivity contribution < 1.29 is 0 Å². The molecule has 0 radical (unpaired) electrons. The molecular formula is C33H23BrN4. The van der Waals surface area contributed by atoms with Crippen LogP contribution in [0.15, 0.2) is 137 Å². The summed E-state index contributed by atoms with van der Waals surface area (Å²) in [6, 6.07) is 39.9. The Morgan fingerprint density at radius 2 is 1.50 bits per heavy atom. The monoisotopic (exact) mass is 554 g/mol. The number of hydrogen-bond acceptors (Lipinski definition) is 3. The van der Waals surface area contributed by atoms with Crippen molar-refractivity contribution >= 4 is 49.3 Å². The Hall–Kier alpha value is -4.48. The van der Waals surface area contributed by atoms with Gasteiger partial charge in [-0.05, 0) is 59.7 Å². The van der Waals surface area contributed by atoms with Gasteiger partial charge in [0.1, 0.15) is 6.17 Å². The Morgan fingerprint density at radius 3 is 2.34 bits per heavy atom. The van der Waals surface area contributed by atoms with E-state index in [1.54, 1.807) is 0 Å². The third-order valence-corrected chi connectivity index (χ3v) is 7.42. The molecule has 0 bridgehead atoms. The average Bonchev–Trinajstić information content (AvgIpc) is 3.31. The van der Waals surface area contributed by atoms with Crippen LogP contribution in [0.5, 0.6) is 0 Å². The zero-order valence-corrected chi connectivity index (χ0v) is 22.0. The molecule has 6 aromatic rings. The van der Waals surface area contributed by atoms with Gasteiger partial charge >= 0.3 is 0 Å². The smallest absolute Gasteiger partial charge is 0.145 e. The molecule has 4 aromatic carbocycles. The van der Waals surface area contributed by atoms with Gasteiger partial charge in [-0.2, -0.15) is 0 Å². The highest BCUT2D eigenvalue weighted by Crippen LogP contribution is 2.33. The molecule has 0 fully saturated rings. The highest BCUT2D eigenvalue weighted by atomic mass is 79.9. The van der Waals surface area contributed by atoms with E-state index >= 15 is 0 Å². The van der Waals surface area contributed by atoms with Crippen molar-refractivity contribution in [1.29, 1.82) is 0 Å². The van der Waals surface area contributed by atoms with Gasteiger partial charge in [-0.15, -0.1) is 0 Å². The fourth-order valence-electron chi connectivity index (χ4n) is 5.16. The second kappa shape index (κ2) is 9.43. The lowest BCUT2D eigenvalue weighted by molar-refractivity contribution is 0.664. The van der Waals surface area contributed by atoms with Crippen LogP contribution >= 0.6 is 15.9 Å². The van der Waals surface area contributed by atoms with E-state index in [9.17, 15) is 0 Å². The number of hydrogen-bond donors (Lipinski definition) is 1. The summed E-state index contributed by atoms with van der Waals surface area (Å²) in [6.07, 6.45) is 3.83. The van der Waals surface area contributed by atoms with Crippen molar-refractivity contribution in [2.75, 3.05) is 0 Å². The number of nitrogens with one attached hydrogen (secondary N) is 1. The van der Waals surface area contributed by atoms with Gasteiger partial charge in [0, 0.05) is 33.0 Å². The maximum Gasteiger partial charge on any atom is 0.145 e. The summed E-state index contributed by atoms with van der Waals surface area (Å²) in [5.74, 6) is 0. The van der Waals surface area contributed by atoms with Crippen molar-refractivity contribution in [2.24, 2.45) is 4.99 Å². The lowest BCUT2D eigenvalue weighted by atomic mass is 10.0. The van der Waals surface area contributed by atoms with Crippen molar-refractivity contribution in [3.63, 3.8) is 0 Å².